The van der Waals surface area contributed by atoms with E-state index in [1.54, 1.807) is 12.4 Å². The lowest BCUT2D eigenvalue weighted by molar-refractivity contribution is 0.340. The molecule has 2 aromatic rings. The minimum absolute atomic E-state index is 0.674. The lowest BCUT2D eigenvalue weighted by atomic mass is 10.1. The highest BCUT2D eigenvalue weighted by molar-refractivity contribution is 5.71. The number of rotatable bonds is 5. The Bertz CT molecular complexity index is 497. The fourth-order valence-corrected chi connectivity index (χ4v) is 1.72. The molecule has 4 heteroatoms. The third kappa shape index (κ3) is 2.77. The zero-order valence-corrected chi connectivity index (χ0v) is 10.7. The van der Waals surface area contributed by atoms with E-state index in [4.69, 9.17) is 4.74 Å². The van der Waals surface area contributed by atoms with Gasteiger partial charge in [-0.05, 0) is 38.1 Å². The van der Waals surface area contributed by atoms with Gasteiger partial charge in [-0.1, -0.05) is 0 Å². The van der Waals surface area contributed by atoms with E-state index < -0.39 is 0 Å². The van der Waals surface area contributed by atoms with Gasteiger partial charge in [0.2, 0.25) is 0 Å². The van der Waals surface area contributed by atoms with Gasteiger partial charge in [0.1, 0.15) is 11.4 Å². The Hall–Kier alpha value is -2.10. The second kappa shape index (κ2) is 6.00. The first kappa shape index (κ1) is 12.4. The molecular weight excluding hydrogens is 226 g/mol. The van der Waals surface area contributed by atoms with Crippen LogP contribution < -0.4 is 10.1 Å². The summed E-state index contributed by atoms with van der Waals surface area (Å²) in [5.41, 5.74) is 1.89. The van der Waals surface area contributed by atoms with E-state index in [0.717, 1.165) is 29.4 Å². The summed E-state index contributed by atoms with van der Waals surface area (Å²) in [6, 6.07) is 7.89. The number of anilines is 1. The highest BCUT2D eigenvalue weighted by Crippen LogP contribution is 2.25. The summed E-state index contributed by atoms with van der Waals surface area (Å²) < 4.78 is 5.42. The molecule has 1 N–H and O–H groups in total. The molecule has 0 bridgehead atoms. The molecule has 1 aromatic heterocycles. The number of ether oxygens (including phenoxy) is 1. The van der Waals surface area contributed by atoms with E-state index in [1.807, 2.05) is 38.1 Å². The van der Waals surface area contributed by atoms with Crippen molar-refractivity contribution in [3.63, 3.8) is 0 Å². The maximum atomic E-state index is 5.42. The van der Waals surface area contributed by atoms with Crippen LogP contribution in [-0.4, -0.2) is 23.1 Å². The second-order valence-electron chi connectivity index (χ2n) is 3.74. The van der Waals surface area contributed by atoms with E-state index >= 15 is 0 Å². The van der Waals surface area contributed by atoms with Gasteiger partial charge in [-0.2, -0.15) is 0 Å². The fourth-order valence-electron chi connectivity index (χ4n) is 1.72. The third-order valence-electron chi connectivity index (χ3n) is 2.48. The third-order valence-corrected chi connectivity index (χ3v) is 2.48. The lowest BCUT2D eigenvalue weighted by Crippen LogP contribution is -2.02. The molecule has 0 saturated heterocycles. The summed E-state index contributed by atoms with van der Waals surface area (Å²) in [6.07, 6.45) is 3.39. The molecule has 18 heavy (non-hydrogen) atoms. The normalized spacial score (nSPS) is 10.1. The van der Waals surface area contributed by atoms with Crippen molar-refractivity contribution in [3.05, 3.63) is 36.7 Å². The quantitative estimate of drug-likeness (QED) is 0.877. The summed E-state index contributed by atoms with van der Waals surface area (Å²) >= 11 is 0. The molecule has 0 fully saturated rings. The van der Waals surface area contributed by atoms with Crippen LogP contribution in [0.25, 0.3) is 11.3 Å². The lowest BCUT2D eigenvalue weighted by Gasteiger charge is -2.09. The van der Waals surface area contributed by atoms with Gasteiger partial charge in [-0.15, -0.1) is 0 Å². The number of nitrogens with one attached hydrogen (secondary N) is 1. The van der Waals surface area contributed by atoms with Crippen molar-refractivity contribution in [3.8, 4) is 17.0 Å². The van der Waals surface area contributed by atoms with Crippen LogP contribution >= 0.6 is 0 Å². The highest BCUT2D eigenvalue weighted by atomic mass is 16.5. The number of benzene rings is 1. The first-order valence-corrected chi connectivity index (χ1v) is 6.13. The van der Waals surface area contributed by atoms with E-state index in [1.165, 1.54) is 0 Å². The molecule has 0 aliphatic carbocycles. The molecule has 1 aromatic carbocycles. The van der Waals surface area contributed by atoms with Crippen molar-refractivity contribution in [2.24, 2.45) is 0 Å². The number of hydrogen-bond acceptors (Lipinski definition) is 4. The molecule has 0 amide bonds. The van der Waals surface area contributed by atoms with E-state index in [2.05, 4.69) is 15.3 Å². The Morgan fingerprint density at radius 3 is 2.44 bits per heavy atom. The van der Waals surface area contributed by atoms with Crippen LogP contribution in [0.4, 0.5) is 5.82 Å². The van der Waals surface area contributed by atoms with Crippen LogP contribution in [0.1, 0.15) is 13.8 Å². The summed E-state index contributed by atoms with van der Waals surface area (Å²) in [5, 5.41) is 3.21. The van der Waals surface area contributed by atoms with Gasteiger partial charge in [0.05, 0.1) is 6.61 Å². The Balaban J connectivity index is 2.30. The first-order valence-electron chi connectivity index (χ1n) is 6.13. The van der Waals surface area contributed by atoms with Crippen LogP contribution in [0.3, 0.4) is 0 Å². The average Bonchev–Trinajstić information content (AvgIpc) is 2.41. The SMILES string of the molecule is CCNc1nccnc1-c1ccc(OCC)cc1. The zero-order valence-electron chi connectivity index (χ0n) is 10.7. The predicted molar refractivity (Wildman–Crippen MR) is 72.8 cm³/mol. The summed E-state index contributed by atoms with van der Waals surface area (Å²) in [5.74, 6) is 1.68. The van der Waals surface area contributed by atoms with Gasteiger partial charge in [-0.25, -0.2) is 4.98 Å². The molecule has 0 radical (unpaired) electrons. The van der Waals surface area contributed by atoms with Crippen molar-refractivity contribution >= 4 is 5.82 Å². The molecule has 0 saturated carbocycles. The number of hydrogen-bond donors (Lipinski definition) is 1. The molecule has 94 valence electrons. The molecular formula is C14H17N3O. The number of aromatic nitrogens is 2. The zero-order chi connectivity index (χ0) is 12.8. The van der Waals surface area contributed by atoms with Gasteiger partial charge in [0, 0.05) is 24.5 Å². The minimum atomic E-state index is 0.674. The van der Waals surface area contributed by atoms with Crippen LogP contribution in [0, 0.1) is 0 Å². The topological polar surface area (TPSA) is 47.0 Å². The van der Waals surface area contributed by atoms with Gasteiger partial charge in [0.25, 0.3) is 0 Å². The maximum Gasteiger partial charge on any atom is 0.152 e. The van der Waals surface area contributed by atoms with E-state index in [-0.39, 0.29) is 0 Å². The Kier molecular flexibility index (Phi) is 4.12. The molecule has 0 aliphatic heterocycles. The van der Waals surface area contributed by atoms with Gasteiger partial charge in [-0.3, -0.25) is 4.98 Å². The number of nitrogens with zero attached hydrogens (tertiary/aromatic N) is 2. The monoisotopic (exact) mass is 243 g/mol. The van der Waals surface area contributed by atoms with E-state index in [9.17, 15) is 0 Å². The molecule has 4 nitrogen and oxygen atoms in total. The Morgan fingerprint density at radius 1 is 1.06 bits per heavy atom. The molecule has 2 rings (SSSR count). The second-order valence-corrected chi connectivity index (χ2v) is 3.74. The minimum Gasteiger partial charge on any atom is -0.494 e. The van der Waals surface area contributed by atoms with Crippen molar-refractivity contribution in [2.45, 2.75) is 13.8 Å². The van der Waals surface area contributed by atoms with Gasteiger partial charge >= 0.3 is 0 Å². The standard InChI is InChI=1S/C14H17N3O/c1-3-15-14-13(16-9-10-17-14)11-5-7-12(8-6-11)18-4-2/h5-10H,3-4H2,1-2H3,(H,15,17). The van der Waals surface area contributed by atoms with Crippen molar-refractivity contribution in [2.75, 3.05) is 18.5 Å². The molecule has 0 spiro atoms. The predicted octanol–water partition coefficient (Wildman–Crippen LogP) is 2.97. The highest BCUT2D eigenvalue weighted by Gasteiger charge is 2.06. The molecule has 0 aliphatic rings. The van der Waals surface area contributed by atoms with Crippen molar-refractivity contribution in [1.82, 2.24) is 9.97 Å². The Labute approximate surface area is 107 Å². The van der Waals surface area contributed by atoms with Crippen LogP contribution in [-0.2, 0) is 0 Å². The van der Waals surface area contributed by atoms with Gasteiger partial charge < -0.3 is 10.1 Å². The van der Waals surface area contributed by atoms with Crippen LogP contribution in [0.15, 0.2) is 36.7 Å². The molecule has 0 unspecified atom stereocenters. The average molecular weight is 243 g/mol. The van der Waals surface area contributed by atoms with Crippen LogP contribution in [0.2, 0.25) is 0 Å². The molecule has 0 atom stereocenters. The van der Waals surface area contributed by atoms with Crippen molar-refractivity contribution in [1.29, 1.82) is 0 Å². The summed E-state index contributed by atoms with van der Waals surface area (Å²) in [4.78, 5) is 8.68. The summed E-state index contributed by atoms with van der Waals surface area (Å²) in [7, 11) is 0. The van der Waals surface area contributed by atoms with Gasteiger partial charge in [0.15, 0.2) is 5.82 Å². The smallest absolute Gasteiger partial charge is 0.152 e. The maximum absolute atomic E-state index is 5.42. The fraction of sp³-hybridized carbons (Fsp3) is 0.286. The van der Waals surface area contributed by atoms with Crippen molar-refractivity contribution < 1.29 is 4.74 Å². The Morgan fingerprint density at radius 2 is 1.78 bits per heavy atom. The van der Waals surface area contributed by atoms with E-state index in [0.29, 0.717) is 6.61 Å². The first-order chi connectivity index (χ1) is 8.85. The summed E-state index contributed by atoms with van der Waals surface area (Å²) in [6.45, 7) is 5.51. The molecule has 1 heterocycles. The largest absolute Gasteiger partial charge is 0.494 e. The van der Waals surface area contributed by atoms with Crippen LogP contribution in [0.5, 0.6) is 5.75 Å².